The van der Waals surface area contributed by atoms with Crippen molar-refractivity contribution in [2.75, 3.05) is 20.3 Å². The van der Waals surface area contributed by atoms with Crippen LogP contribution in [0.3, 0.4) is 0 Å². The van der Waals surface area contributed by atoms with Crippen molar-refractivity contribution in [1.82, 2.24) is 14.9 Å². The van der Waals surface area contributed by atoms with Gasteiger partial charge in [-0.2, -0.15) is 4.98 Å². The standard InChI is InChI=1S/C25H35N3O4/c1-4-5-15-32-22-21(24(31)28(3)18(2)17-29)26-20(27-23(22)30)16-25(13-9-10-14-25)19-11-7-6-8-12-19/h6-8,11-12,18,29H,4-5,9-10,13-17H2,1-3H3,(H,26,27,30). The van der Waals surface area contributed by atoms with E-state index < -0.39 is 11.9 Å². The van der Waals surface area contributed by atoms with E-state index in [1.54, 1.807) is 14.0 Å². The van der Waals surface area contributed by atoms with E-state index in [-0.39, 0.29) is 29.3 Å². The molecule has 7 nitrogen and oxygen atoms in total. The molecule has 0 radical (unpaired) electrons. The molecule has 1 saturated carbocycles. The second kappa shape index (κ2) is 10.8. The first-order valence-corrected chi connectivity index (χ1v) is 11.6. The van der Waals surface area contributed by atoms with Crippen molar-refractivity contribution in [3.05, 3.63) is 47.4 Å². The Balaban J connectivity index is 1.99. The molecular weight excluding hydrogens is 406 g/mol. The molecule has 0 spiro atoms. The number of unbranched alkanes of at least 4 members (excludes halogenated alkanes) is 1. The van der Waals surface area contributed by atoms with Gasteiger partial charge in [-0.1, -0.05) is 56.5 Å². The second-order valence-corrected chi connectivity index (χ2v) is 8.82. The van der Waals surface area contributed by atoms with Crippen LogP contribution in [0.2, 0.25) is 0 Å². The van der Waals surface area contributed by atoms with Gasteiger partial charge in [0.15, 0.2) is 5.69 Å². The van der Waals surface area contributed by atoms with Crippen molar-refractivity contribution < 1.29 is 19.7 Å². The quantitative estimate of drug-likeness (QED) is 0.544. The number of amides is 1. The van der Waals surface area contributed by atoms with Crippen molar-refractivity contribution in [2.45, 2.75) is 70.3 Å². The normalized spacial score (nSPS) is 16.0. The monoisotopic (exact) mass is 441 g/mol. The number of aliphatic hydroxyl groups excluding tert-OH is 1. The van der Waals surface area contributed by atoms with Crippen LogP contribution in [0.15, 0.2) is 30.3 Å². The Morgan fingerprint density at radius 1 is 1.22 bits per heavy atom. The zero-order valence-electron chi connectivity index (χ0n) is 19.4. The molecule has 1 aromatic heterocycles. The zero-order chi connectivity index (χ0) is 23.1. The van der Waals surface area contributed by atoms with Crippen LogP contribution in [0, 0.1) is 0 Å². The van der Waals surface area contributed by atoms with Gasteiger partial charge in [0, 0.05) is 18.9 Å². The fraction of sp³-hybridized carbons (Fsp3) is 0.560. The summed E-state index contributed by atoms with van der Waals surface area (Å²) in [6.07, 6.45) is 6.53. The number of ether oxygens (including phenoxy) is 1. The fourth-order valence-electron chi connectivity index (χ4n) is 4.36. The highest BCUT2D eigenvalue weighted by Gasteiger charge is 2.37. The molecule has 1 aromatic carbocycles. The summed E-state index contributed by atoms with van der Waals surface area (Å²) in [6, 6.07) is 9.96. The Kier molecular flexibility index (Phi) is 8.07. The van der Waals surface area contributed by atoms with E-state index in [2.05, 4.69) is 22.1 Å². The molecule has 1 aliphatic carbocycles. The number of aliphatic hydroxyl groups is 1. The molecule has 174 valence electrons. The van der Waals surface area contributed by atoms with E-state index in [1.165, 1.54) is 10.5 Å². The first-order valence-electron chi connectivity index (χ1n) is 11.6. The van der Waals surface area contributed by atoms with E-state index in [4.69, 9.17) is 4.74 Å². The third-order valence-electron chi connectivity index (χ3n) is 6.53. The van der Waals surface area contributed by atoms with Crippen LogP contribution in [0.1, 0.15) is 74.2 Å². The number of aromatic nitrogens is 2. The van der Waals surface area contributed by atoms with E-state index in [0.29, 0.717) is 18.9 Å². The lowest BCUT2D eigenvalue weighted by Gasteiger charge is -2.29. The number of rotatable bonds is 10. The average Bonchev–Trinajstić information content (AvgIpc) is 3.29. The number of benzene rings is 1. The van der Waals surface area contributed by atoms with Crippen LogP contribution in [0.4, 0.5) is 0 Å². The van der Waals surface area contributed by atoms with Gasteiger partial charge in [0.05, 0.1) is 19.3 Å². The van der Waals surface area contributed by atoms with Gasteiger partial charge in [-0.05, 0) is 31.7 Å². The summed E-state index contributed by atoms with van der Waals surface area (Å²) in [5.41, 5.74) is 1.18. The molecule has 1 fully saturated rings. The third-order valence-corrected chi connectivity index (χ3v) is 6.53. The minimum atomic E-state index is -0.405. The van der Waals surface area contributed by atoms with Crippen molar-refractivity contribution in [3.63, 3.8) is 0 Å². The second-order valence-electron chi connectivity index (χ2n) is 8.82. The Hall–Kier alpha value is -2.67. The number of carbonyl (C=O) groups is 1. The molecule has 7 heteroatoms. The Bertz CT molecular complexity index is 898. The van der Waals surface area contributed by atoms with Gasteiger partial charge in [-0.25, -0.2) is 4.98 Å². The number of aromatic hydroxyl groups is 1. The highest BCUT2D eigenvalue weighted by Crippen LogP contribution is 2.43. The van der Waals surface area contributed by atoms with Crippen LogP contribution in [-0.4, -0.2) is 57.3 Å². The first-order chi connectivity index (χ1) is 15.4. The maximum atomic E-state index is 13.2. The summed E-state index contributed by atoms with van der Waals surface area (Å²) in [5.74, 6) is -0.258. The van der Waals surface area contributed by atoms with E-state index >= 15 is 0 Å². The summed E-state index contributed by atoms with van der Waals surface area (Å²) in [6.45, 7) is 3.98. The minimum Gasteiger partial charge on any atom is -0.491 e. The van der Waals surface area contributed by atoms with Gasteiger partial charge >= 0.3 is 0 Å². The van der Waals surface area contributed by atoms with E-state index in [1.807, 2.05) is 25.1 Å². The average molecular weight is 442 g/mol. The molecule has 1 atom stereocenters. The van der Waals surface area contributed by atoms with Crippen LogP contribution in [0.25, 0.3) is 0 Å². The lowest BCUT2D eigenvalue weighted by Crippen LogP contribution is -2.38. The van der Waals surface area contributed by atoms with Crippen molar-refractivity contribution in [3.8, 4) is 11.6 Å². The maximum Gasteiger partial charge on any atom is 0.276 e. The molecule has 32 heavy (non-hydrogen) atoms. The Labute approximate surface area is 190 Å². The van der Waals surface area contributed by atoms with Gasteiger partial charge in [0.25, 0.3) is 11.8 Å². The highest BCUT2D eigenvalue weighted by molar-refractivity contribution is 5.95. The number of hydrogen-bond acceptors (Lipinski definition) is 6. The number of nitrogens with zero attached hydrogens (tertiary/aromatic N) is 3. The smallest absolute Gasteiger partial charge is 0.276 e. The topological polar surface area (TPSA) is 95.8 Å². The van der Waals surface area contributed by atoms with Crippen LogP contribution in [-0.2, 0) is 11.8 Å². The molecule has 0 bridgehead atoms. The molecule has 0 saturated heterocycles. The molecule has 1 heterocycles. The molecule has 1 amide bonds. The maximum absolute atomic E-state index is 13.2. The van der Waals surface area contributed by atoms with Gasteiger partial charge in [0.2, 0.25) is 5.75 Å². The number of hydrogen-bond donors (Lipinski definition) is 2. The largest absolute Gasteiger partial charge is 0.491 e. The van der Waals surface area contributed by atoms with Crippen LogP contribution >= 0.6 is 0 Å². The molecule has 0 aliphatic heterocycles. The lowest BCUT2D eigenvalue weighted by atomic mass is 9.76. The Morgan fingerprint density at radius 2 is 1.91 bits per heavy atom. The summed E-state index contributed by atoms with van der Waals surface area (Å²) in [5, 5.41) is 20.2. The fourth-order valence-corrected chi connectivity index (χ4v) is 4.36. The number of carbonyl (C=O) groups excluding carboxylic acids is 1. The van der Waals surface area contributed by atoms with E-state index in [0.717, 1.165) is 38.5 Å². The minimum absolute atomic E-state index is 0.0179. The summed E-state index contributed by atoms with van der Waals surface area (Å²) in [7, 11) is 1.61. The van der Waals surface area contributed by atoms with Gasteiger partial charge in [-0.3, -0.25) is 4.79 Å². The van der Waals surface area contributed by atoms with Gasteiger partial charge < -0.3 is 19.8 Å². The predicted octanol–water partition coefficient (Wildman–Crippen LogP) is 3.87. The summed E-state index contributed by atoms with van der Waals surface area (Å²) in [4.78, 5) is 23.6. The molecule has 2 aromatic rings. The molecule has 1 aliphatic rings. The predicted molar refractivity (Wildman–Crippen MR) is 123 cm³/mol. The molecular formula is C25H35N3O4. The summed E-state index contributed by atoms with van der Waals surface area (Å²) >= 11 is 0. The Morgan fingerprint density at radius 3 is 2.53 bits per heavy atom. The third kappa shape index (κ3) is 5.21. The van der Waals surface area contributed by atoms with Gasteiger partial charge in [-0.15, -0.1) is 0 Å². The van der Waals surface area contributed by atoms with E-state index in [9.17, 15) is 15.0 Å². The van der Waals surface area contributed by atoms with Crippen molar-refractivity contribution in [2.24, 2.45) is 0 Å². The van der Waals surface area contributed by atoms with Gasteiger partial charge in [0.1, 0.15) is 5.82 Å². The summed E-state index contributed by atoms with van der Waals surface area (Å²) < 4.78 is 5.74. The molecule has 2 N–H and O–H groups in total. The SMILES string of the molecule is CCCCOc1c(O)nc(CC2(c3ccccc3)CCCC2)nc1C(=O)N(C)C(C)CO. The molecule has 3 rings (SSSR count). The van der Waals surface area contributed by atoms with Crippen molar-refractivity contribution in [1.29, 1.82) is 0 Å². The van der Waals surface area contributed by atoms with Crippen molar-refractivity contribution >= 4 is 5.91 Å². The molecule has 1 unspecified atom stereocenters. The van der Waals surface area contributed by atoms with Crippen LogP contribution in [0.5, 0.6) is 11.6 Å². The number of likely N-dealkylation sites (N-methyl/N-ethyl adjacent to an activating group) is 1. The zero-order valence-corrected chi connectivity index (χ0v) is 19.4. The lowest BCUT2D eigenvalue weighted by molar-refractivity contribution is 0.0669. The highest BCUT2D eigenvalue weighted by atomic mass is 16.5. The van der Waals surface area contributed by atoms with Crippen LogP contribution < -0.4 is 4.74 Å². The first kappa shape index (κ1) is 24.0.